The number of benzene rings is 1. The predicted octanol–water partition coefficient (Wildman–Crippen LogP) is 5.14. The molecule has 0 radical (unpaired) electrons. The third-order valence-corrected chi connectivity index (χ3v) is 4.89. The predicted molar refractivity (Wildman–Crippen MR) is 77.5 cm³/mol. The Bertz CT molecular complexity index is 525. The third-order valence-electron chi connectivity index (χ3n) is 2.11. The van der Waals surface area contributed by atoms with Gasteiger partial charge in [-0.1, -0.05) is 23.2 Å². The Labute approximate surface area is 121 Å². The number of phenolic OH excluding ortho intramolecular Hbond substituents is 1. The molecular weight excluding hydrogens is 345 g/mol. The number of hydrogen-bond acceptors (Lipinski definition) is 3. The molecule has 0 fully saturated rings. The Balaban J connectivity index is 2.04. The first-order valence-corrected chi connectivity index (χ1v) is 7.09. The van der Waals surface area contributed by atoms with Crippen LogP contribution in [0.5, 0.6) is 5.75 Å². The SMILES string of the molecule is Oc1ccc(NCc2cc(Br)c(Cl)s2)cc1Cl. The van der Waals surface area contributed by atoms with Gasteiger partial charge in [-0.25, -0.2) is 0 Å². The molecule has 0 atom stereocenters. The van der Waals surface area contributed by atoms with E-state index in [0.717, 1.165) is 19.4 Å². The summed E-state index contributed by atoms with van der Waals surface area (Å²) in [6, 6.07) is 6.98. The highest BCUT2D eigenvalue weighted by Gasteiger charge is 2.05. The zero-order valence-corrected chi connectivity index (χ0v) is 12.4. The highest BCUT2D eigenvalue weighted by Crippen LogP contribution is 2.32. The van der Waals surface area contributed by atoms with E-state index in [1.54, 1.807) is 18.2 Å². The van der Waals surface area contributed by atoms with E-state index >= 15 is 0 Å². The van der Waals surface area contributed by atoms with Gasteiger partial charge >= 0.3 is 0 Å². The smallest absolute Gasteiger partial charge is 0.134 e. The van der Waals surface area contributed by atoms with Crippen LogP contribution in [0, 0.1) is 0 Å². The van der Waals surface area contributed by atoms with Crippen molar-refractivity contribution >= 4 is 56.2 Å². The maximum Gasteiger partial charge on any atom is 0.134 e. The van der Waals surface area contributed by atoms with Crippen LogP contribution in [0.2, 0.25) is 9.36 Å². The van der Waals surface area contributed by atoms with Crippen LogP contribution < -0.4 is 5.32 Å². The minimum Gasteiger partial charge on any atom is -0.506 e. The summed E-state index contributed by atoms with van der Waals surface area (Å²) >= 11 is 16.6. The average molecular weight is 353 g/mol. The van der Waals surface area contributed by atoms with Crippen molar-refractivity contribution in [1.82, 2.24) is 0 Å². The Morgan fingerprint density at radius 3 is 2.65 bits per heavy atom. The van der Waals surface area contributed by atoms with Crippen LogP contribution in [0.1, 0.15) is 4.88 Å². The zero-order chi connectivity index (χ0) is 12.4. The maximum absolute atomic E-state index is 9.29. The first-order chi connectivity index (χ1) is 8.06. The molecule has 2 aromatic rings. The molecule has 1 aromatic carbocycles. The summed E-state index contributed by atoms with van der Waals surface area (Å²) in [7, 11) is 0. The minimum atomic E-state index is 0.0825. The van der Waals surface area contributed by atoms with Crippen molar-refractivity contribution in [2.75, 3.05) is 5.32 Å². The van der Waals surface area contributed by atoms with Crippen LogP contribution in [0.4, 0.5) is 5.69 Å². The summed E-state index contributed by atoms with van der Waals surface area (Å²) in [6.07, 6.45) is 0. The van der Waals surface area contributed by atoms with E-state index in [2.05, 4.69) is 21.2 Å². The number of halogens is 3. The summed E-state index contributed by atoms with van der Waals surface area (Å²) < 4.78 is 1.65. The lowest BCUT2D eigenvalue weighted by molar-refractivity contribution is 0.475. The molecule has 6 heteroatoms. The lowest BCUT2D eigenvalue weighted by Gasteiger charge is -2.05. The fraction of sp³-hybridized carbons (Fsp3) is 0.0909. The number of phenols is 1. The van der Waals surface area contributed by atoms with Gasteiger partial charge in [0.2, 0.25) is 0 Å². The molecule has 17 heavy (non-hydrogen) atoms. The van der Waals surface area contributed by atoms with Crippen molar-refractivity contribution in [3.63, 3.8) is 0 Å². The summed E-state index contributed by atoms with van der Waals surface area (Å²) in [6.45, 7) is 0.664. The monoisotopic (exact) mass is 351 g/mol. The van der Waals surface area contributed by atoms with Crippen LogP contribution in [-0.2, 0) is 6.54 Å². The summed E-state index contributed by atoms with van der Waals surface area (Å²) in [5, 5.41) is 12.8. The number of hydrogen-bond donors (Lipinski definition) is 2. The third kappa shape index (κ3) is 3.28. The molecule has 2 rings (SSSR count). The highest BCUT2D eigenvalue weighted by atomic mass is 79.9. The molecule has 2 N–H and O–H groups in total. The Morgan fingerprint density at radius 1 is 1.29 bits per heavy atom. The molecule has 1 aromatic heterocycles. The number of rotatable bonds is 3. The summed E-state index contributed by atoms with van der Waals surface area (Å²) in [5.41, 5.74) is 0.855. The minimum absolute atomic E-state index is 0.0825. The molecule has 0 amide bonds. The molecule has 0 aliphatic carbocycles. The van der Waals surface area contributed by atoms with Gasteiger partial charge in [-0.2, -0.15) is 0 Å². The van der Waals surface area contributed by atoms with Gasteiger partial charge in [0.1, 0.15) is 10.1 Å². The Hall–Kier alpha value is -0.420. The fourth-order valence-corrected chi connectivity index (χ4v) is 3.20. The second kappa shape index (κ2) is 5.48. The van der Waals surface area contributed by atoms with Crippen LogP contribution in [-0.4, -0.2) is 5.11 Å². The molecule has 0 saturated carbocycles. The molecule has 90 valence electrons. The van der Waals surface area contributed by atoms with Crippen molar-refractivity contribution < 1.29 is 5.11 Å². The van der Waals surface area contributed by atoms with Crippen molar-refractivity contribution in [2.24, 2.45) is 0 Å². The normalized spacial score (nSPS) is 10.5. The fourth-order valence-electron chi connectivity index (χ4n) is 1.28. The first kappa shape index (κ1) is 13.0. The standard InChI is InChI=1S/C11H8BrCl2NOS/c12-8-4-7(17-11(8)14)5-15-6-1-2-10(16)9(13)3-6/h1-4,15-16H,5H2. The lowest BCUT2D eigenvalue weighted by atomic mass is 10.3. The highest BCUT2D eigenvalue weighted by molar-refractivity contribution is 9.10. The van der Waals surface area contributed by atoms with E-state index < -0.39 is 0 Å². The Morgan fingerprint density at radius 2 is 2.06 bits per heavy atom. The number of aromatic hydroxyl groups is 1. The molecule has 0 saturated heterocycles. The van der Waals surface area contributed by atoms with E-state index in [-0.39, 0.29) is 5.75 Å². The number of anilines is 1. The van der Waals surface area contributed by atoms with Crippen LogP contribution in [0.15, 0.2) is 28.7 Å². The summed E-state index contributed by atoms with van der Waals surface area (Å²) in [5.74, 6) is 0.0825. The van der Waals surface area contributed by atoms with Gasteiger partial charge < -0.3 is 10.4 Å². The van der Waals surface area contributed by atoms with Crippen molar-refractivity contribution in [1.29, 1.82) is 0 Å². The topological polar surface area (TPSA) is 32.3 Å². The van der Waals surface area contributed by atoms with Gasteiger partial charge in [-0.3, -0.25) is 0 Å². The van der Waals surface area contributed by atoms with Crippen LogP contribution in [0.25, 0.3) is 0 Å². The van der Waals surface area contributed by atoms with Crippen molar-refractivity contribution in [3.8, 4) is 5.75 Å². The van der Waals surface area contributed by atoms with Gasteiger partial charge in [0.05, 0.1) is 5.02 Å². The zero-order valence-electron chi connectivity index (χ0n) is 8.51. The van der Waals surface area contributed by atoms with Gasteiger partial charge in [-0.15, -0.1) is 11.3 Å². The summed E-state index contributed by atoms with van der Waals surface area (Å²) in [4.78, 5) is 1.12. The maximum atomic E-state index is 9.29. The van der Waals surface area contributed by atoms with E-state index in [1.165, 1.54) is 11.3 Å². The van der Waals surface area contributed by atoms with Crippen molar-refractivity contribution in [2.45, 2.75) is 6.54 Å². The van der Waals surface area contributed by atoms with Gasteiger partial charge in [0.25, 0.3) is 0 Å². The van der Waals surface area contributed by atoms with Gasteiger partial charge in [-0.05, 0) is 40.2 Å². The second-order valence-corrected chi connectivity index (χ2v) is 6.35. The van der Waals surface area contributed by atoms with Crippen molar-refractivity contribution in [3.05, 3.63) is 43.0 Å². The second-order valence-electron chi connectivity index (χ2n) is 3.35. The van der Waals surface area contributed by atoms with E-state index in [4.69, 9.17) is 23.2 Å². The van der Waals surface area contributed by atoms with Gasteiger partial charge in [0.15, 0.2) is 0 Å². The van der Waals surface area contributed by atoms with E-state index in [0.29, 0.717) is 11.6 Å². The molecule has 0 bridgehead atoms. The van der Waals surface area contributed by atoms with Crippen LogP contribution >= 0.6 is 50.5 Å². The number of nitrogens with one attached hydrogen (secondary N) is 1. The quantitative estimate of drug-likeness (QED) is 0.750. The van der Waals surface area contributed by atoms with E-state index in [1.807, 2.05) is 6.07 Å². The lowest BCUT2D eigenvalue weighted by Crippen LogP contribution is -1.96. The molecule has 2 nitrogen and oxygen atoms in total. The van der Waals surface area contributed by atoms with Crippen LogP contribution in [0.3, 0.4) is 0 Å². The molecule has 1 heterocycles. The Kier molecular flexibility index (Phi) is 4.20. The molecule has 0 unspecified atom stereocenters. The molecular formula is C11H8BrCl2NOS. The largest absolute Gasteiger partial charge is 0.506 e. The average Bonchev–Trinajstić information content (AvgIpc) is 2.60. The molecule has 0 spiro atoms. The number of thiophene rings is 1. The molecule has 0 aliphatic rings. The molecule has 0 aliphatic heterocycles. The van der Waals surface area contributed by atoms with Gasteiger partial charge in [0, 0.05) is 21.6 Å². The first-order valence-electron chi connectivity index (χ1n) is 4.72. The van der Waals surface area contributed by atoms with E-state index in [9.17, 15) is 5.11 Å².